The molecule has 1 aliphatic carbocycles. The van der Waals surface area contributed by atoms with Crippen molar-refractivity contribution in [3.63, 3.8) is 0 Å². The van der Waals surface area contributed by atoms with E-state index in [1.165, 1.54) is 17.8 Å². The summed E-state index contributed by atoms with van der Waals surface area (Å²) >= 11 is 13.3. The minimum absolute atomic E-state index is 0.234. The minimum atomic E-state index is -0.509. The highest BCUT2D eigenvalue weighted by Gasteiger charge is 2.24. The Bertz CT molecular complexity index is 867. The zero-order chi connectivity index (χ0) is 19.4. The van der Waals surface area contributed by atoms with E-state index in [4.69, 9.17) is 33.7 Å². The average molecular weight is 427 g/mol. The van der Waals surface area contributed by atoms with Crippen molar-refractivity contribution in [1.29, 1.82) is 0 Å². The van der Waals surface area contributed by atoms with Crippen LogP contribution in [-0.2, 0) is 17.6 Å². The number of fused-ring (bicyclic) bond motifs is 1. The number of anilines is 1. The fraction of sp³-hybridized carbons (Fsp3) is 0.368. The van der Waals surface area contributed by atoms with Crippen LogP contribution in [0.2, 0.25) is 10.0 Å². The standard InChI is InChI=1S/C19H20Cl2N2O3S/c20-11-7-8-14(13(21)9-11)26-10-16(24)23-19-17(18(22)25)12-5-3-1-2-4-6-15(12)27-19/h7-9H,1-6,10H2,(H2,22,25)(H,23,24). The molecule has 1 heterocycles. The Kier molecular flexibility index (Phi) is 6.63. The van der Waals surface area contributed by atoms with E-state index >= 15 is 0 Å². The molecule has 0 atom stereocenters. The number of carbonyl (C=O) groups excluding carboxylic acids is 2. The average Bonchev–Trinajstić information content (AvgIpc) is 2.90. The highest BCUT2D eigenvalue weighted by Crippen LogP contribution is 2.37. The minimum Gasteiger partial charge on any atom is -0.482 e. The van der Waals surface area contributed by atoms with Crippen LogP contribution in [0.5, 0.6) is 5.75 Å². The monoisotopic (exact) mass is 426 g/mol. The fourth-order valence-corrected chi connectivity index (χ4v) is 4.94. The summed E-state index contributed by atoms with van der Waals surface area (Å²) in [5.41, 5.74) is 7.03. The number of hydrogen-bond donors (Lipinski definition) is 2. The smallest absolute Gasteiger partial charge is 0.262 e. The van der Waals surface area contributed by atoms with Gasteiger partial charge in [-0.15, -0.1) is 11.3 Å². The summed E-state index contributed by atoms with van der Waals surface area (Å²) in [6.45, 7) is -0.234. The Balaban J connectivity index is 1.73. The molecule has 0 unspecified atom stereocenters. The van der Waals surface area contributed by atoms with Crippen molar-refractivity contribution < 1.29 is 14.3 Å². The zero-order valence-electron chi connectivity index (χ0n) is 14.6. The molecule has 3 rings (SSSR count). The van der Waals surface area contributed by atoms with E-state index in [1.807, 2.05) is 0 Å². The summed E-state index contributed by atoms with van der Waals surface area (Å²) in [6, 6.07) is 4.77. The number of primary amides is 1. The molecule has 5 nitrogen and oxygen atoms in total. The van der Waals surface area contributed by atoms with E-state index in [2.05, 4.69) is 5.32 Å². The van der Waals surface area contributed by atoms with Gasteiger partial charge in [-0.1, -0.05) is 36.0 Å². The van der Waals surface area contributed by atoms with Crippen LogP contribution in [0.25, 0.3) is 0 Å². The number of thiophene rings is 1. The molecule has 0 spiro atoms. The maximum atomic E-state index is 12.3. The van der Waals surface area contributed by atoms with Crippen molar-refractivity contribution >= 4 is 51.4 Å². The highest BCUT2D eigenvalue weighted by atomic mass is 35.5. The van der Waals surface area contributed by atoms with E-state index in [1.54, 1.807) is 18.2 Å². The zero-order valence-corrected chi connectivity index (χ0v) is 17.0. The van der Waals surface area contributed by atoms with Crippen LogP contribution >= 0.6 is 34.5 Å². The maximum absolute atomic E-state index is 12.3. The molecule has 27 heavy (non-hydrogen) atoms. The van der Waals surface area contributed by atoms with Gasteiger partial charge in [0.15, 0.2) is 6.61 Å². The third-order valence-corrected chi connectivity index (χ3v) is 6.16. The predicted octanol–water partition coefficient (Wildman–Crippen LogP) is 4.83. The summed E-state index contributed by atoms with van der Waals surface area (Å²) < 4.78 is 5.45. The van der Waals surface area contributed by atoms with Gasteiger partial charge in [-0.05, 0) is 49.4 Å². The molecule has 3 N–H and O–H groups in total. The van der Waals surface area contributed by atoms with Crippen molar-refractivity contribution in [2.75, 3.05) is 11.9 Å². The Hall–Kier alpha value is -1.76. The molecule has 2 aromatic rings. The highest BCUT2D eigenvalue weighted by molar-refractivity contribution is 7.17. The van der Waals surface area contributed by atoms with Gasteiger partial charge in [-0.2, -0.15) is 0 Å². The number of amides is 2. The first kappa shape index (κ1) is 20.0. The van der Waals surface area contributed by atoms with Gasteiger partial charge < -0.3 is 15.8 Å². The van der Waals surface area contributed by atoms with Crippen molar-refractivity contribution in [1.82, 2.24) is 0 Å². The third kappa shape index (κ3) is 4.94. The van der Waals surface area contributed by atoms with E-state index in [0.29, 0.717) is 26.4 Å². The lowest BCUT2D eigenvalue weighted by Gasteiger charge is -2.10. The molecule has 0 fully saturated rings. The number of rotatable bonds is 5. The van der Waals surface area contributed by atoms with Crippen molar-refractivity contribution in [3.05, 3.63) is 44.2 Å². The summed E-state index contributed by atoms with van der Waals surface area (Å²) in [6.07, 6.45) is 6.16. The summed E-state index contributed by atoms with van der Waals surface area (Å²) in [7, 11) is 0. The molecular weight excluding hydrogens is 407 g/mol. The van der Waals surface area contributed by atoms with Gasteiger partial charge in [0, 0.05) is 9.90 Å². The van der Waals surface area contributed by atoms with Gasteiger partial charge in [0.2, 0.25) is 0 Å². The maximum Gasteiger partial charge on any atom is 0.262 e. The third-order valence-electron chi connectivity index (χ3n) is 4.42. The fourth-order valence-electron chi connectivity index (χ4n) is 3.17. The molecule has 0 aliphatic heterocycles. The van der Waals surface area contributed by atoms with Gasteiger partial charge in [0.25, 0.3) is 11.8 Å². The number of benzene rings is 1. The summed E-state index contributed by atoms with van der Waals surface area (Å²) in [5, 5.41) is 4.09. The van der Waals surface area contributed by atoms with Crippen LogP contribution in [0, 0.1) is 0 Å². The Morgan fingerprint density at radius 3 is 2.59 bits per heavy atom. The second-order valence-electron chi connectivity index (χ2n) is 6.40. The number of nitrogens with one attached hydrogen (secondary N) is 1. The summed E-state index contributed by atoms with van der Waals surface area (Å²) in [5.74, 6) is -0.521. The molecule has 1 aromatic heterocycles. The van der Waals surface area contributed by atoms with Crippen LogP contribution in [0.1, 0.15) is 46.5 Å². The molecule has 0 saturated carbocycles. The van der Waals surface area contributed by atoms with Crippen LogP contribution in [-0.4, -0.2) is 18.4 Å². The molecule has 0 bridgehead atoms. The van der Waals surface area contributed by atoms with Gasteiger partial charge in [0.1, 0.15) is 10.8 Å². The quantitative estimate of drug-likeness (QED) is 0.717. The van der Waals surface area contributed by atoms with Crippen LogP contribution in [0.3, 0.4) is 0 Å². The topological polar surface area (TPSA) is 81.4 Å². The number of aryl methyl sites for hydroxylation is 1. The van der Waals surface area contributed by atoms with Crippen LogP contribution < -0.4 is 15.8 Å². The molecule has 0 radical (unpaired) electrons. The molecule has 144 valence electrons. The lowest BCUT2D eigenvalue weighted by atomic mass is 9.96. The first-order valence-corrected chi connectivity index (χ1v) is 10.3. The first-order valence-electron chi connectivity index (χ1n) is 8.77. The van der Waals surface area contributed by atoms with Crippen molar-refractivity contribution in [2.24, 2.45) is 5.73 Å². The molecule has 1 aliphatic rings. The number of halogens is 2. The molecule has 1 aromatic carbocycles. The second-order valence-corrected chi connectivity index (χ2v) is 8.35. The molecular formula is C19H20Cl2N2O3S. The lowest BCUT2D eigenvalue weighted by Crippen LogP contribution is -2.22. The molecule has 2 amide bonds. The molecule has 8 heteroatoms. The SMILES string of the molecule is NC(=O)c1c(NC(=O)COc2ccc(Cl)cc2Cl)sc2c1CCCCCC2. The Morgan fingerprint density at radius 1 is 1.15 bits per heavy atom. The molecule has 0 saturated heterocycles. The van der Waals surface area contributed by atoms with Crippen LogP contribution in [0.15, 0.2) is 18.2 Å². The van der Waals surface area contributed by atoms with Crippen molar-refractivity contribution in [3.8, 4) is 5.75 Å². The van der Waals surface area contributed by atoms with Crippen molar-refractivity contribution in [2.45, 2.75) is 38.5 Å². The Labute approximate surface area is 171 Å². The van der Waals surface area contributed by atoms with E-state index in [0.717, 1.165) is 42.5 Å². The van der Waals surface area contributed by atoms with E-state index in [9.17, 15) is 9.59 Å². The number of hydrogen-bond acceptors (Lipinski definition) is 4. The van der Waals surface area contributed by atoms with E-state index in [-0.39, 0.29) is 12.5 Å². The Morgan fingerprint density at radius 2 is 1.89 bits per heavy atom. The van der Waals surface area contributed by atoms with Gasteiger partial charge >= 0.3 is 0 Å². The van der Waals surface area contributed by atoms with Gasteiger partial charge in [-0.25, -0.2) is 0 Å². The number of carbonyl (C=O) groups is 2. The first-order chi connectivity index (χ1) is 13.0. The number of nitrogens with two attached hydrogens (primary N) is 1. The largest absolute Gasteiger partial charge is 0.482 e. The van der Waals surface area contributed by atoms with Gasteiger partial charge in [-0.3, -0.25) is 9.59 Å². The normalized spacial score (nSPS) is 14.0. The predicted molar refractivity (Wildman–Crippen MR) is 109 cm³/mol. The lowest BCUT2D eigenvalue weighted by molar-refractivity contribution is -0.118. The second kappa shape index (κ2) is 8.95. The van der Waals surface area contributed by atoms with Gasteiger partial charge in [0.05, 0.1) is 10.6 Å². The van der Waals surface area contributed by atoms with E-state index < -0.39 is 5.91 Å². The van der Waals surface area contributed by atoms with Crippen LogP contribution in [0.4, 0.5) is 5.00 Å². The number of ether oxygens (including phenoxy) is 1. The summed E-state index contributed by atoms with van der Waals surface area (Å²) in [4.78, 5) is 25.5.